The summed E-state index contributed by atoms with van der Waals surface area (Å²) in [7, 11) is 1.74. The Kier molecular flexibility index (Phi) is 4.09. The maximum Gasteiger partial charge on any atom is 0.270 e. The number of hydrogen-bond donors (Lipinski definition) is 2. The molecule has 1 heterocycles. The summed E-state index contributed by atoms with van der Waals surface area (Å²) in [5, 5.41) is 10.4. The quantitative estimate of drug-likeness (QED) is 0.886. The third kappa shape index (κ3) is 2.98. The predicted molar refractivity (Wildman–Crippen MR) is 79.6 cm³/mol. The van der Waals surface area contributed by atoms with E-state index in [4.69, 9.17) is 5.73 Å². The smallest absolute Gasteiger partial charge is 0.270 e. The summed E-state index contributed by atoms with van der Waals surface area (Å²) in [6.07, 6.45) is 5.41. The number of nitrogens with two attached hydrogens (primary N) is 1. The van der Waals surface area contributed by atoms with Crippen LogP contribution in [-0.2, 0) is 0 Å². The van der Waals surface area contributed by atoms with Crippen molar-refractivity contribution in [2.75, 3.05) is 19.3 Å². The van der Waals surface area contributed by atoms with Gasteiger partial charge in [-0.15, -0.1) is 0 Å². The van der Waals surface area contributed by atoms with E-state index in [1.165, 1.54) is 0 Å². The van der Waals surface area contributed by atoms with Crippen LogP contribution in [0.5, 0.6) is 0 Å². The number of nitrogens with zero attached hydrogens (tertiary/aromatic N) is 2. The fourth-order valence-corrected chi connectivity index (χ4v) is 3.00. The van der Waals surface area contributed by atoms with Gasteiger partial charge in [-0.3, -0.25) is 4.79 Å². The number of carbonyl (C=O) groups is 1. The standard InChI is InChI=1S/C15H25N3O2/c1-11(2)18-9-12(16)8-13(18)14(19)17(3)10-15(20)6-4-5-7-15/h8-9,11,20H,4-7,10,16H2,1-3H3. The molecule has 0 unspecified atom stereocenters. The number of aromatic nitrogens is 1. The number of amides is 1. The molecule has 3 N–H and O–H groups in total. The van der Waals surface area contributed by atoms with Gasteiger partial charge in [-0.05, 0) is 32.8 Å². The molecule has 0 aromatic carbocycles. The molecule has 112 valence electrons. The minimum Gasteiger partial charge on any atom is -0.397 e. The van der Waals surface area contributed by atoms with Gasteiger partial charge < -0.3 is 20.3 Å². The molecular weight excluding hydrogens is 254 g/mol. The van der Waals surface area contributed by atoms with Crippen LogP contribution in [-0.4, -0.2) is 39.7 Å². The molecule has 1 fully saturated rings. The van der Waals surface area contributed by atoms with Gasteiger partial charge in [-0.25, -0.2) is 0 Å². The highest BCUT2D eigenvalue weighted by Gasteiger charge is 2.34. The molecule has 0 spiro atoms. The van der Waals surface area contributed by atoms with Gasteiger partial charge in [0.1, 0.15) is 5.69 Å². The van der Waals surface area contributed by atoms with Crippen LogP contribution in [0.4, 0.5) is 5.69 Å². The van der Waals surface area contributed by atoms with Crippen LogP contribution >= 0.6 is 0 Å². The van der Waals surface area contributed by atoms with E-state index in [1.807, 2.05) is 18.4 Å². The lowest BCUT2D eigenvalue weighted by Gasteiger charge is -2.29. The first-order valence-corrected chi connectivity index (χ1v) is 7.27. The largest absolute Gasteiger partial charge is 0.397 e. The molecule has 5 nitrogen and oxygen atoms in total. The second kappa shape index (κ2) is 5.48. The number of likely N-dealkylation sites (N-methyl/N-ethyl adjacent to an activating group) is 1. The van der Waals surface area contributed by atoms with E-state index in [0.29, 0.717) is 17.9 Å². The number of carbonyl (C=O) groups excluding carboxylic acids is 1. The topological polar surface area (TPSA) is 71.5 Å². The van der Waals surface area contributed by atoms with Crippen molar-refractivity contribution in [1.29, 1.82) is 0 Å². The van der Waals surface area contributed by atoms with E-state index in [2.05, 4.69) is 0 Å². The number of anilines is 1. The van der Waals surface area contributed by atoms with Crippen LogP contribution in [0, 0.1) is 0 Å². The monoisotopic (exact) mass is 279 g/mol. The van der Waals surface area contributed by atoms with E-state index in [1.54, 1.807) is 24.2 Å². The van der Waals surface area contributed by atoms with Gasteiger partial charge in [0, 0.05) is 25.8 Å². The number of hydrogen-bond acceptors (Lipinski definition) is 3. The van der Waals surface area contributed by atoms with Crippen molar-refractivity contribution < 1.29 is 9.90 Å². The first kappa shape index (κ1) is 14.9. The molecule has 0 bridgehead atoms. The molecule has 0 radical (unpaired) electrons. The maximum atomic E-state index is 12.6. The highest BCUT2D eigenvalue weighted by Crippen LogP contribution is 2.30. The molecule has 0 atom stereocenters. The number of aliphatic hydroxyl groups is 1. The highest BCUT2D eigenvalue weighted by atomic mass is 16.3. The van der Waals surface area contributed by atoms with Gasteiger partial charge in [-0.2, -0.15) is 0 Å². The van der Waals surface area contributed by atoms with Gasteiger partial charge in [0.05, 0.1) is 11.3 Å². The van der Waals surface area contributed by atoms with Crippen molar-refractivity contribution in [3.05, 3.63) is 18.0 Å². The first-order valence-electron chi connectivity index (χ1n) is 7.27. The second-order valence-corrected chi connectivity index (χ2v) is 6.25. The number of rotatable bonds is 4. The zero-order valence-corrected chi connectivity index (χ0v) is 12.6. The average molecular weight is 279 g/mol. The van der Waals surface area contributed by atoms with E-state index < -0.39 is 5.60 Å². The summed E-state index contributed by atoms with van der Waals surface area (Å²) in [4.78, 5) is 14.2. The lowest BCUT2D eigenvalue weighted by Crippen LogP contribution is -2.42. The second-order valence-electron chi connectivity index (χ2n) is 6.25. The van der Waals surface area contributed by atoms with Gasteiger partial charge in [0.15, 0.2) is 0 Å². The lowest BCUT2D eigenvalue weighted by molar-refractivity contribution is 0.0153. The SMILES string of the molecule is CC(C)n1cc(N)cc1C(=O)N(C)CC1(O)CCCC1. The van der Waals surface area contributed by atoms with Crippen molar-refractivity contribution in [2.45, 2.75) is 51.2 Å². The molecule has 1 amide bonds. The Bertz CT molecular complexity index is 487. The number of nitrogen functional groups attached to an aromatic ring is 1. The minimum absolute atomic E-state index is 0.0873. The lowest BCUT2D eigenvalue weighted by atomic mass is 10.0. The predicted octanol–water partition coefficient (Wildman–Crippen LogP) is 2.03. The minimum atomic E-state index is -0.717. The normalized spacial score (nSPS) is 17.6. The molecule has 1 aliphatic rings. The third-order valence-electron chi connectivity index (χ3n) is 4.06. The average Bonchev–Trinajstić information content (AvgIpc) is 2.94. The molecule has 0 saturated heterocycles. The zero-order chi connectivity index (χ0) is 14.9. The van der Waals surface area contributed by atoms with Gasteiger partial charge in [0.2, 0.25) is 0 Å². The Morgan fingerprint density at radius 3 is 2.65 bits per heavy atom. The van der Waals surface area contributed by atoms with E-state index in [-0.39, 0.29) is 11.9 Å². The van der Waals surface area contributed by atoms with Crippen LogP contribution < -0.4 is 5.73 Å². The highest BCUT2D eigenvalue weighted by molar-refractivity contribution is 5.93. The summed E-state index contributed by atoms with van der Waals surface area (Å²) in [5.74, 6) is -0.0873. The Balaban J connectivity index is 2.14. The first-order chi connectivity index (χ1) is 9.32. The Morgan fingerprint density at radius 1 is 1.50 bits per heavy atom. The van der Waals surface area contributed by atoms with Crippen molar-refractivity contribution >= 4 is 11.6 Å². The summed E-state index contributed by atoms with van der Waals surface area (Å²) >= 11 is 0. The molecule has 1 aromatic heterocycles. The summed E-state index contributed by atoms with van der Waals surface area (Å²) in [5.41, 5.74) is 6.26. The molecule has 1 aliphatic carbocycles. The van der Waals surface area contributed by atoms with Gasteiger partial charge in [-0.1, -0.05) is 12.8 Å². The Morgan fingerprint density at radius 2 is 2.10 bits per heavy atom. The molecule has 20 heavy (non-hydrogen) atoms. The van der Waals surface area contributed by atoms with Gasteiger partial charge >= 0.3 is 0 Å². The van der Waals surface area contributed by atoms with Crippen LogP contribution in [0.3, 0.4) is 0 Å². The van der Waals surface area contributed by atoms with Crippen LogP contribution in [0.1, 0.15) is 56.1 Å². The molecule has 5 heteroatoms. The summed E-state index contributed by atoms with van der Waals surface area (Å²) < 4.78 is 1.88. The van der Waals surface area contributed by atoms with Crippen LogP contribution in [0.25, 0.3) is 0 Å². The van der Waals surface area contributed by atoms with Crippen molar-refractivity contribution in [2.24, 2.45) is 0 Å². The van der Waals surface area contributed by atoms with Crippen molar-refractivity contribution in [1.82, 2.24) is 9.47 Å². The fourth-order valence-electron chi connectivity index (χ4n) is 3.00. The summed E-state index contributed by atoms with van der Waals surface area (Å²) in [6, 6.07) is 1.88. The van der Waals surface area contributed by atoms with Crippen LogP contribution in [0.15, 0.2) is 12.3 Å². The van der Waals surface area contributed by atoms with Crippen molar-refractivity contribution in [3.8, 4) is 0 Å². The molecule has 2 rings (SSSR count). The molecule has 1 aromatic rings. The van der Waals surface area contributed by atoms with E-state index in [9.17, 15) is 9.90 Å². The summed E-state index contributed by atoms with van der Waals surface area (Å²) in [6.45, 7) is 4.41. The Labute approximate surface area is 120 Å². The Hall–Kier alpha value is -1.49. The molecule has 0 aliphatic heterocycles. The van der Waals surface area contributed by atoms with E-state index in [0.717, 1.165) is 25.7 Å². The van der Waals surface area contributed by atoms with Gasteiger partial charge in [0.25, 0.3) is 5.91 Å². The van der Waals surface area contributed by atoms with E-state index >= 15 is 0 Å². The molecular formula is C15H25N3O2. The van der Waals surface area contributed by atoms with Crippen LogP contribution in [0.2, 0.25) is 0 Å². The third-order valence-corrected chi connectivity index (χ3v) is 4.06. The fraction of sp³-hybridized carbons (Fsp3) is 0.667. The zero-order valence-electron chi connectivity index (χ0n) is 12.6. The molecule has 1 saturated carbocycles. The van der Waals surface area contributed by atoms with Crippen molar-refractivity contribution in [3.63, 3.8) is 0 Å². The maximum absolute atomic E-state index is 12.6.